The highest BCUT2D eigenvalue weighted by atomic mass is 35.5. The molecule has 0 spiro atoms. The molecule has 1 aromatic heterocycles. The number of nitrogens with one attached hydrogen (secondary N) is 1. The maximum absolute atomic E-state index is 5.92. The highest BCUT2D eigenvalue weighted by molar-refractivity contribution is 6.30. The van der Waals surface area contributed by atoms with Crippen LogP contribution in [0.1, 0.15) is 12.1 Å². The van der Waals surface area contributed by atoms with Crippen LogP contribution in [0, 0.1) is 0 Å². The maximum atomic E-state index is 5.92. The smallest absolute Gasteiger partial charge is 0.0558 e. The molecule has 1 aliphatic rings. The van der Waals surface area contributed by atoms with E-state index in [2.05, 4.69) is 15.2 Å². The minimum Gasteiger partial charge on any atom is -0.315 e. The Morgan fingerprint density at radius 1 is 1.40 bits per heavy atom. The molecule has 3 nitrogen and oxygen atoms in total. The van der Waals surface area contributed by atoms with Crippen LogP contribution < -0.4 is 5.32 Å². The third-order valence-electron chi connectivity index (χ3n) is 2.60. The van der Waals surface area contributed by atoms with Gasteiger partial charge in [-0.1, -0.05) is 11.6 Å². The van der Waals surface area contributed by atoms with Crippen LogP contribution in [0.15, 0.2) is 18.3 Å². The highest BCUT2D eigenvalue weighted by Crippen LogP contribution is 2.10. The molecule has 82 valence electrons. The second-order valence-corrected chi connectivity index (χ2v) is 4.28. The lowest BCUT2D eigenvalue weighted by molar-refractivity contribution is 0.281. The lowest BCUT2D eigenvalue weighted by Gasteiger charge is -2.18. The Morgan fingerprint density at radius 3 is 3.20 bits per heavy atom. The third kappa shape index (κ3) is 3.45. The van der Waals surface area contributed by atoms with Gasteiger partial charge in [-0.3, -0.25) is 9.88 Å². The van der Waals surface area contributed by atoms with E-state index in [1.54, 1.807) is 6.20 Å². The van der Waals surface area contributed by atoms with E-state index < -0.39 is 0 Å². The molecule has 15 heavy (non-hydrogen) atoms. The molecule has 1 aromatic rings. The van der Waals surface area contributed by atoms with E-state index >= 15 is 0 Å². The van der Waals surface area contributed by atoms with Gasteiger partial charge in [0.2, 0.25) is 0 Å². The number of aromatic nitrogens is 1. The molecule has 2 heterocycles. The van der Waals surface area contributed by atoms with E-state index in [9.17, 15) is 0 Å². The van der Waals surface area contributed by atoms with Gasteiger partial charge in [-0.2, -0.15) is 0 Å². The van der Waals surface area contributed by atoms with Crippen molar-refractivity contribution in [3.63, 3.8) is 0 Å². The summed E-state index contributed by atoms with van der Waals surface area (Å²) < 4.78 is 0. The van der Waals surface area contributed by atoms with Crippen molar-refractivity contribution in [2.75, 3.05) is 26.2 Å². The molecule has 1 fully saturated rings. The fraction of sp³-hybridized carbons (Fsp3) is 0.545. The van der Waals surface area contributed by atoms with Gasteiger partial charge in [0.1, 0.15) is 0 Å². The van der Waals surface area contributed by atoms with Gasteiger partial charge in [0, 0.05) is 30.9 Å². The summed E-state index contributed by atoms with van der Waals surface area (Å²) in [5, 5.41) is 4.16. The Hall–Kier alpha value is -0.640. The molecule has 0 aliphatic carbocycles. The van der Waals surface area contributed by atoms with Crippen molar-refractivity contribution < 1.29 is 0 Å². The van der Waals surface area contributed by atoms with Crippen LogP contribution in [0.4, 0.5) is 0 Å². The number of rotatable bonds is 2. The molecule has 0 radical (unpaired) electrons. The monoisotopic (exact) mass is 225 g/mol. The first-order valence-corrected chi connectivity index (χ1v) is 5.76. The predicted octanol–water partition coefficient (Wildman–Crippen LogP) is 1.53. The van der Waals surface area contributed by atoms with Gasteiger partial charge < -0.3 is 5.32 Å². The van der Waals surface area contributed by atoms with E-state index in [1.807, 2.05) is 12.1 Å². The number of halogens is 1. The summed E-state index contributed by atoms with van der Waals surface area (Å²) in [6.07, 6.45) is 2.98. The first-order valence-electron chi connectivity index (χ1n) is 5.38. The van der Waals surface area contributed by atoms with Crippen molar-refractivity contribution in [3.8, 4) is 0 Å². The summed E-state index contributed by atoms with van der Waals surface area (Å²) in [6.45, 7) is 5.33. The van der Waals surface area contributed by atoms with Gasteiger partial charge in [-0.15, -0.1) is 0 Å². The van der Waals surface area contributed by atoms with Crippen molar-refractivity contribution in [2.24, 2.45) is 0 Å². The number of nitrogens with zero attached hydrogens (tertiary/aromatic N) is 2. The molecule has 1 aliphatic heterocycles. The number of hydrogen-bond acceptors (Lipinski definition) is 3. The molecule has 4 heteroatoms. The van der Waals surface area contributed by atoms with Gasteiger partial charge in [0.15, 0.2) is 0 Å². The standard InChI is InChI=1S/C11H16ClN3/c12-10-2-4-14-11(8-10)9-15-6-1-3-13-5-7-15/h2,4,8,13H,1,3,5-7,9H2. The summed E-state index contributed by atoms with van der Waals surface area (Å²) in [5.74, 6) is 0. The van der Waals surface area contributed by atoms with Crippen LogP contribution in [-0.2, 0) is 6.54 Å². The van der Waals surface area contributed by atoms with Crippen LogP contribution in [-0.4, -0.2) is 36.1 Å². The Kier molecular flexibility index (Phi) is 3.94. The Balaban J connectivity index is 1.95. The van der Waals surface area contributed by atoms with E-state index in [0.717, 1.165) is 43.4 Å². The highest BCUT2D eigenvalue weighted by Gasteiger charge is 2.09. The van der Waals surface area contributed by atoms with Crippen molar-refractivity contribution in [1.29, 1.82) is 0 Å². The van der Waals surface area contributed by atoms with Gasteiger partial charge >= 0.3 is 0 Å². The molecule has 0 atom stereocenters. The molecule has 0 bridgehead atoms. The van der Waals surface area contributed by atoms with Crippen LogP contribution in [0.3, 0.4) is 0 Å². The van der Waals surface area contributed by atoms with Crippen molar-refractivity contribution in [2.45, 2.75) is 13.0 Å². The van der Waals surface area contributed by atoms with Crippen LogP contribution in [0.2, 0.25) is 5.02 Å². The van der Waals surface area contributed by atoms with Gasteiger partial charge in [-0.25, -0.2) is 0 Å². The lowest BCUT2D eigenvalue weighted by Crippen LogP contribution is -2.27. The van der Waals surface area contributed by atoms with E-state index in [0.29, 0.717) is 0 Å². The Labute approximate surface area is 95.4 Å². The topological polar surface area (TPSA) is 28.2 Å². The minimum atomic E-state index is 0.771. The first-order chi connectivity index (χ1) is 7.34. The second kappa shape index (κ2) is 5.45. The quantitative estimate of drug-likeness (QED) is 0.828. The summed E-state index contributed by atoms with van der Waals surface area (Å²) in [7, 11) is 0. The summed E-state index contributed by atoms with van der Waals surface area (Å²) in [5.41, 5.74) is 1.06. The second-order valence-electron chi connectivity index (χ2n) is 3.85. The molecular weight excluding hydrogens is 210 g/mol. The van der Waals surface area contributed by atoms with Crippen molar-refractivity contribution in [3.05, 3.63) is 29.0 Å². The summed E-state index contributed by atoms with van der Waals surface area (Å²) >= 11 is 5.92. The SMILES string of the molecule is Clc1ccnc(CN2CCCNCC2)c1. The van der Waals surface area contributed by atoms with Crippen molar-refractivity contribution >= 4 is 11.6 Å². The largest absolute Gasteiger partial charge is 0.315 e. The van der Waals surface area contributed by atoms with E-state index in [4.69, 9.17) is 11.6 Å². The number of pyridine rings is 1. The zero-order chi connectivity index (χ0) is 10.5. The zero-order valence-electron chi connectivity index (χ0n) is 8.75. The molecule has 0 aromatic carbocycles. The van der Waals surface area contributed by atoms with E-state index in [-0.39, 0.29) is 0 Å². The Morgan fingerprint density at radius 2 is 2.33 bits per heavy atom. The van der Waals surface area contributed by atoms with Gasteiger partial charge in [0.25, 0.3) is 0 Å². The molecule has 1 N–H and O–H groups in total. The number of hydrogen-bond donors (Lipinski definition) is 1. The normalized spacial score (nSPS) is 18.7. The summed E-state index contributed by atoms with van der Waals surface area (Å²) in [4.78, 5) is 6.73. The molecule has 2 rings (SSSR count). The van der Waals surface area contributed by atoms with Crippen molar-refractivity contribution in [1.82, 2.24) is 15.2 Å². The molecule has 0 unspecified atom stereocenters. The average Bonchev–Trinajstić information content (AvgIpc) is 2.46. The maximum Gasteiger partial charge on any atom is 0.0558 e. The minimum absolute atomic E-state index is 0.771. The molecule has 1 saturated heterocycles. The fourth-order valence-corrected chi connectivity index (χ4v) is 2.01. The lowest BCUT2D eigenvalue weighted by atomic mass is 10.3. The third-order valence-corrected chi connectivity index (χ3v) is 2.83. The zero-order valence-corrected chi connectivity index (χ0v) is 9.50. The first kappa shape index (κ1) is 10.9. The van der Waals surface area contributed by atoms with Crippen LogP contribution in [0.25, 0.3) is 0 Å². The molecule has 0 amide bonds. The summed E-state index contributed by atoms with van der Waals surface area (Å²) in [6, 6.07) is 3.76. The van der Waals surface area contributed by atoms with Crippen LogP contribution in [0.5, 0.6) is 0 Å². The molecule has 0 saturated carbocycles. The Bertz CT molecular complexity index is 308. The van der Waals surface area contributed by atoms with E-state index in [1.165, 1.54) is 6.42 Å². The van der Waals surface area contributed by atoms with Gasteiger partial charge in [0.05, 0.1) is 5.69 Å². The molecular formula is C11H16ClN3. The average molecular weight is 226 g/mol. The van der Waals surface area contributed by atoms with Crippen LogP contribution >= 0.6 is 11.6 Å². The van der Waals surface area contributed by atoms with Gasteiger partial charge in [-0.05, 0) is 31.6 Å². The fourth-order valence-electron chi connectivity index (χ4n) is 1.82. The predicted molar refractivity (Wildman–Crippen MR) is 62.0 cm³/mol.